The average Bonchev–Trinajstić information content (AvgIpc) is 2.02. The summed E-state index contributed by atoms with van der Waals surface area (Å²) in [4.78, 5) is 11.6. The summed E-state index contributed by atoms with van der Waals surface area (Å²) < 4.78 is 12.5. The smallest absolute Gasteiger partial charge is 0.167 e. The van der Waals surface area contributed by atoms with Crippen LogP contribution in [0.25, 0.3) is 0 Å². The molecular formula is C10H9FOS. The molecule has 1 aromatic rings. The van der Waals surface area contributed by atoms with Crippen LogP contribution in [0, 0.1) is 11.7 Å². The van der Waals surface area contributed by atoms with Crippen molar-refractivity contribution in [1.29, 1.82) is 0 Å². The quantitative estimate of drug-likeness (QED) is 0.675. The van der Waals surface area contributed by atoms with E-state index >= 15 is 0 Å². The lowest BCUT2D eigenvalue weighted by molar-refractivity contribution is 0.0939. The normalized spacial score (nSPS) is 16.7. The van der Waals surface area contributed by atoms with Crippen LogP contribution < -0.4 is 0 Å². The van der Waals surface area contributed by atoms with Gasteiger partial charge in [-0.05, 0) is 24.3 Å². The highest BCUT2D eigenvalue weighted by Gasteiger charge is 2.26. The SMILES string of the molecule is O=C(c1ccc(F)cc1)C1CSC1. The summed E-state index contributed by atoms with van der Waals surface area (Å²) in [7, 11) is 0. The van der Waals surface area contributed by atoms with Gasteiger partial charge >= 0.3 is 0 Å². The molecule has 0 aliphatic carbocycles. The van der Waals surface area contributed by atoms with E-state index in [1.165, 1.54) is 12.1 Å². The molecule has 0 saturated carbocycles. The highest BCUT2D eigenvalue weighted by atomic mass is 32.2. The topological polar surface area (TPSA) is 17.1 Å². The first-order valence-electron chi connectivity index (χ1n) is 4.15. The molecule has 1 aliphatic rings. The minimum absolute atomic E-state index is 0.152. The van der Waals surface area contributed by atoms with Crippen molar-refractivity contribution < 1.29 is 9.18 Å². The van der Waals surface area contributed by atoms with Crippen molar-refractivity contribution in [3.05, 3.63) is 35.6 Å². The molecule has 0 atom stereocenters. The maximum atomic E-state index is 12.5. The van der Waals surface area contributed by atoms with Crippen molar-refractivity contribution in [2.45, 2.75) is 0 Å². The van der Waals surface area contributed by atoms with Gasteiger partial charge in [-0.25, -0.2) is 4.39 Å². The molecule has 1 heterocycles. The number of benzene rings is 1. The van der Waals surface area contributed by atoms with Crippen LogP contribution in [0.2, 0.25) is 0 Å². The first kappa shape index (κ1) is 8.75. The van der Waals surface area contributed by atoms with Crippen LogP contribution in [-0.2, 0) is 0 Å². The summed E-state index contributed by atoms with van der Waals surface area (Å²) in [5, 5.41) is 0. The van der Waals surface area contributed by atoms with Crippen molar-refractivity contribution in [1.82, 2.24) is 0 Å². The van der Waals surface area contributed by atoms with Crippen molar-refractivity contribution in [2.75, 3.05) is 11.5 Å². The van der Waals surface area contributed by atoms with Crippen molar-refractivity contribution >= 4 is 17.5 Å². The van der Waals surface area contributed by atoms with Gasteiger partial charge in [0.2, 0.25) is 0 Å². The molecule has 1 aromatic carbocycles. The molecule has 1 aliphatic heterocycles. The first-order chi connectivity index (χ1) is 6.27. The monoisotopic (exact) mass is 196 g/mol. The Morgan fingerprint density at radius 1 is 1.31 bits per heavy atom. The number of halogens is 1. The predicted octanol–water partition coefficient (Wildman–Crippen LogP) is 2.37. The lowest BCUT2D eigenvalue weighted by atomic mass is 10.0. The molecular weight excluding hydrogens is 187 g/mol. The minimum atomic E-state index is -0.292. The molecule has 0 bridgehead atoms. The molecule has 3 heteroatoms. The lowest BCUT2D eigenvalue weighted by Crippen LogP contribution is -2.27. The Bertz CT molecular complexity index is 316. The average molecular weight is 196 g/mol. The summed E-state index contributed by atoms with van der Waals surface area (Å²) in [5.74, 6) is 1.85. The number of Topliss-reactive ketones (excluding diaryl/α,β-unsaturated/α-hetero) is 1. The molecule has 0 spiro atoms. The lowest BCUT2D eigenvalue weighted by Gasteiger charge is -2.23. The Kier molecular flexibility index (Phi) is 2.36. The molecule has 68 valence electrons. The number of carbonyl (C=O) groups excluding carboxylic acids is 1. The Hall–Kier alpha value is -0.830. The molecule has 1 nitrogen and oxygen atoms in total. The minimum Gasteiger partial charge on any atom is -0.294 e. The highest BCUT2D eigenvalue weighted by Crippen LogP contribution is 2.27. The van der Waals surface area contributed by atoms with Gasteiger partial charge in [0, 0.05) is 23.0 Å². The molecule has 0 N–H and O–H groups in total. The van der Waals surface area contributed by atoms with E-state index < -0.39 is 0 Å². The van der Waals surface area contributed by atoms with Crippen LogP contribution in [0.3, 0.4) is 0 Å². The molecule has 0 radical (unpaired) electrons. The van der Waals surface area contributed by atoms with Crippen LogP contribution >= 0.6 is 11.8 Å². The Morgan fingerprint density at radius 3 is 2.38 bits per heavy atom. The van der Waals surface area contributed by atoms with Gasteiger partial charge in [-0.15, -0.1) is 0 Å². The van der Waals surface area contributed by atoms with Crippen LogP contribution in [0.1, 0.15) is 10.4 Å². The van der Waals surface area contributed by atoms with E-state index in [0.717, 1.165) is 11.5 Å². The van der Waals surface area contributed by atoms with Gasteiger partial charge in [-0.1, -0.05) is 0 Å². The molecule has 1 fully saturated rings. The van der Waals surface area contributed by atoms with Gasteiger partial charge in [-0.2, -0.15) is 11.8 Å². The predicted molar refractivity (Wildman–Crippen MR) is 51.5 cm³/mol. The van der Waals surface area contributed by atoms with Crippen molar-refractivity contribution in [3.63, 3.8) is 0 Å². The number of hydrogen-bond acceptors (Lipinski definition) is 2. The van der Waals surface area contributed by atoms with E-state index in [9.17, 15) is 9.18 Å². The second kappa shape index (κ2) is 3.50. The van der Waals surface area contributed by atoms with Crippen LogP contribution in [0.4, 0.5) is 4.39 Å². The largest absolute Gasteiger partial charge is 0.294 e. The van der Waals surface area contributed by atoms with Gasteiger partial charge in [0.25, 0.3) is 0 Å². The fraction of sp³-hybridized carbons (Fsp3) is 0.300. The summed E-state index contributed by atoms with van der Waals surface area (Å²) in [5.41, 5.74) is 0.631. The number of thioether (sulfide) groups is 1. The first-order valence-corrected chi connectivity index (χ1v) is 5.30. The van der Waals surface area contributed by atoms with Gasteiger partial charge < -0.3 is 0 Å². The Morgan fingerprint density at radius 2 is 1.92 bits per heavy atom. The van der Waals surface area contributed by atoms with E-state index in [2.05, 4.69) is 0 Å². The summed E-state index contributed by atoms with van der Waals surface area (Å²) >= 11 is 1.78. The highest BCUT2D eigenvalue weighted by molar-refractivity contribution is 8.00. The maximum absolute atomic E-state index is 12.5. The van der Waals surface area contributed by atoms with Gasteiger partial charge in [0.05, 0.1) is 0 Å². The zero-order valence-corrected chi connectivity index (χ0v) is 7.81. The third-order valence-corrected chi connectivity index (χ3v) is 3.41. The Balaban J connectivity index is 2.15. The zero-order valence-electron chi connectivity index (χ0n) is 7.00. The summed E-state index contributed by atoms with van der Waals surface area (Å²) in [6.45, 7) is 0. The van der Waals surface area contributed by atoms with Crippen molar-refractivity contribution in [3.8, 4) is 0 Å². The molecule has 2 rings (SSSR count). The summed E-state index contributed by atoms with van der Waals surface area (Å²) in [6.07, 6.45) is 0. The van der Waals surface area contributed by atoms with E-state index in [1.807, 2.05) is 0 Å². The van der Waals surface area contributed by atoms with E-state index in [4.69, 9.17) is 0 Å². The van der Waals surface area contributed by atoms with E-state index in [1.54, 1.807) is 23.9 Å². The Labute approximate surface area is 80.3 Å². The fourth-order valence-corrected chi connectivity index (χ4v) is 2.01. The molecule has 0 unspecified atom stereocenters. The van der Waals surface area contributed by atoms with Crippen LogP contribution in [0.15, 0.2) is 24.3 Å². The zero-order chi connectivity index (χ0) is 9.26. The third kappa shape index (κ3) is 1.75. The van der Waals surface area contributed by atoms with Crippen LogP contribution in [0.5, 0.6) is 0 Å². The summed E-state index contributed by atoms with van der Waals surface area (Å²) in [6, 6.07) is 5.78. The molecule has 13 heavy (non-hydrogen) atoms. The number of ketones is 1. The van der Waals surface area contributed by atoms with Crippen molar-refractivity contribution in [2.24, 2.45) is 5.92 Å². The number of hydrogen-bond donors (Lipinski definition) is 0. The second-order valence-corrected chi connectivity index (χ2v) is 4.18. The third-order valence-electron chi connectivity index (χ3n) is 2.14. The van der Waals surface area contributed by atoms with Gasteiger partial charge in [-0.3, -0.25) is 4.79 Å². The number of rotatable bonds is 2. The number of carbonyl (C=O) groups is 1. The van der Waals surface area contributed by atoms with Crippen LogP contribution in [-0.4, -0.2) is 17.3 Å². The van der Waals surface area contributed by atoms with E-state index in [-0.39, 0.29) is 17.5 Å². The fourth-order valence-electron chi connectivity index (χ4n) is 1.24. The standard InChI is InChI=1S/C10H9FOS/c11-9-3-1-7(2-4-9)10(12)8-5-13-6-8/h1-4,8H,5-6H2. The second-order valence-electron chi connectivity index (χ2n) is 3.11. The molecule has 0 amide bonds. The maximum Gasteiger partial charge on any atom is 0.167 e. The molecule has 1 saturated heterocycles. The van der Waals surface area contributed by atoms with Gasteiger partial charge in [0.1, 0.15) is 5.82 Å². The molecule has 0 aromatic heterocycles. The van der Waals surface area contributed by atoms with E-state index in [0.29, 0.717) is 5.56 Å². The van der Waals surface area contributed by atoms with Gasteiger partial charge in [0.15, 0.2) is 5.78 Å².